The van der Waals surface area contributed by atoms with Crippen molar-refractivity contribution in [3.05, 3.63) is 0 Å². The third-order valence-electron chi connectivity index (χ3n) is 3.86. The van der Waals surface area contributed by atoms with Crippen molar-refractivity contribution >= 4 is 6.09 Å². The van der Waals surface area contributed by atoms with Gasteiger partial charge in [-0.05, 0) is 52.9 Å². The molecule has 2 atom stereocenters. The highest BCUT2D eigenvalue weighted by Crippen LogP contribution is 2.23. The summed E-state index contributed by atoms with van der Waals surface area (Å²) in [7, 11) is 0. The normalized spacial score (nSPS) is 27.8. The van der Waals surface area contributed by atoms with Gasteiger partial charge in [-0.3, -0.25) is 4.84 Å². The second-order valence-electron chi connectivity index (χ2n) is 7.00. The van der Waals surface area contributed by atoms with E-state index in [1.165, 1.54) is 25.7 Å². The van der Waals surface area contributed by atoms with Crippen LogP contribution < -0.4 is 10.8 Å². The summed E-state index contributed by atoms with van der Waals surface area (Å²) < 4.78 is 5.27. The van der Waals surface area contributed by atoms with Crippen molar-refractivity contribution in [2.24, 2.45) is 0 Å². The molecule has 1 amide bonds. The molecule has 2 N–H and O–H groups in total. The maximum atomic E-state index is 11.7. The van der Waals surface area contributed by atoms with Crippen LogP contribution in [0.5, 0.6) is 0 Å². The number of rotatable bonds is 4. The Hall–Kier alpha value is -0.810. The molecule has 0 aromatic rings. The van der Waals surface area contributed by atoms with Gasteiger partial charge in [0, 0.05) is 12.1 Å². The zero-order chi connectivity index (χ0) is 14.6. The van der Waals surface area contributed by atoms with Crippen LogP contribution in [0.2, 0.25) is 0 Å². The summed E-state index contributed by atoms with van der Waals surface area (Å²) in [6.07, 6.45) is 7.87. The smallest absolute Gasteiger partial charge is 0.407 e. The Morgan fingerprint density at radius 2 is 1.70 bits per heavy atom. The standard InChI is InChI=1S/C15H28N2O3/c1-15(2,3)19-14(18)16-11-8-9-12(10-11)17-20-13-6-4-5-7-13/h11-13,17H,4-10H2,1-3H3,(H,16,18). The van der Waals surface area contributed by atoms with Gasteiger partial charge in [0.25, 0.3) is 0 Å². The third-order valence-corrected chi connectivity index (χ3v) is 3.86. The van der Waals surface area contributed by atoms with E-state index in [4.69, 9.17) is 9.57 Å². The molecule has 0 bridgehead atoms. The van der Waals surface area contributed by atoms with Crippen molar-refractivity contribution in [2.45, 2.75) is 89.5 Å². The largest absolute Gasteiger partial charge is 0.444 e. The van der Waals surface area contributed by atoms with Gasteiger partial charge in [-0.2, -0.15) is 5.48 Å². The molecule has 0 heterocycles. The van der Waals surface area contributed by atoms with Gasteiger partial charge in [0.15, 0.2) is 0 Å². The fraction of sp³-hybridized carbons (Fsp3) is 0.933. The fourth-order valence-corrected chi connectivity index (χ4v) is 2.89. The van der Waals surface area contributed by atoms with E-state index < -0.39 is 5.60 Å². The molecular formula is C15H28N2O3. The van der Waals surface area contributed by atoms with Gasteiger partial charge >= 0.3 is 6.09 Å². The van der Waals surface area contributed by atoms with E-state index in [1.807, 2.05) is 20.8 Å². The van der Waals surface area contributed by atoms with Crippen molar-refractivity contribution in [3.63, 3.8) is 0 Å². The minimum atomic E-state index is -0.439. The predicted octanol–water partition coefficient (Wildman–Crippen LogP) is 2.90. The zero-order valence-corrected chi connectivity index (χ0v) is 12.9. The van der Waals surface area contributed by atoms with Gasteiger partial charge in [0.05, 0.1) is 6.10 Å². The first-order valence-electron chi connectivity index (χ1n) is 7.83. The number of amides is 1. The molecule has 0 spiro atoms. The van der Waals surface area contributed by atoms with Crippen LogP contribution in [-0.4, -0.2) is 29.9 Å². The van der Waals surface area contributed by atoms with Crippen LogP contribution in [0.1, 0.15) is 65.7 Å². The second-order valence-corrected chi connectivity index (χ2v) is 7.00. The van der Waals surface area contributed by atoms with Crippen LogP contribution >= 0.6 is 0 Å². The summed E-state index contributed by atoms with van der Waals surface area (Å²) >= 11 is 0. The first-order chi connectivity index (χ1) is 9.42. The Balaban J connectivity index is 1.63. The number of ether oxygens (including phenoxy) is 1. The molecule has 0 saturated heterocycles. The Labute approximate surface area is 121 Å². The maximum Gasteiger partial charge on any atom is 0.407 e. The molecule has 2 rings (SSSR count). The maximum absolute atomic E-state index is 11.7. The number of hydrogen-bond donors (Lipinski definition) is 2. The third kappa shape index (κ3) is 5.29. The van der Waals surface area contributed by atoms with Crippen LogP contribution in [0.4, 0.5) is 4.79 Å². The monoisotopic (exact) mass is 284 g/mol. The van der Waals surface area contributed by atoms with Gasteiger partial charge in [-0.25, -0.2) is 4.79 Å². The van der Waals surface area contributed by atoms with Crippen molar-refractivity contribution in [3.8, 4) is 0 Å². The highest BCUT2D eigenvalue weighted by atomic mass is 16.7. The van der Waals surface area contributed by atoms with E-state index in [1.54, 1.807) is 0 Å². The summed E-state index contributed by atoms with van der Waals surface area (Å²) in [5, 5.41) is 2.94. The summed E-state index contributed by atoms with van der Waals surface area (Å²) in [5.41, 5.74) is 2.74. The lowest BCUT2D eigenvalue weighted by atomic mass is 10.2. The first-order valence-corrected chi connectivity index (χ1v) is 7.83. The molecule has 20 heavy (non-hydrogen) atoms. The molecule has 5 nitrogen and oxygen atoms in total. The van der Waals surface area contributed by atoms with Gasteiger partial charge in [0.1, 0.15) is 5.60 Å². The molecule has 2 fully saturated rings. The molecule has 0 aliphatic heterocycles. The van der Waals surface area contributed by atoms with E-state index in [2.05, 4.69) is 10.8 Å². The Morgan fingerprint density at radius 1 is 1.05 bits per heavy atom. The Bertz CT molecular complexity index is 322. The van der Waals surface area contributed by atoms with Gasteiger partial charge in [0.2, 0.25) is 0 Å². The minimum absolute atomic E-state index is 0.189. The molecule has 2 aliphatic carbocycles. The van der Waals surface area contributed by atoms with E-state index in [0.29, 0.717) is 12.1 Å². The Kier molecular flexibility index (Phi) is 5.27. The number of carbonyl (C=O) groups is 1. The van der Waals surface area contributed by atoms with Crippen LogP contribution in [-0.2, 0) is 9.57 Å². The van der Waals surface area contributed by atoms with Gasteiger partial charge in [-0.15, -0.1) is 0 Å². The van der Waals surface area contributed by atoms with E-state index in [-0.39, 0.29) is 12.1 Å². The highest BCUT2D eigenvalue weighted by Gasteiger charge is 2.28. The quantitative estimate of drug-likeness (QED) is 0.779. The summed E-state index contributed by atoms with van der Waals surface area (Å²) in [6, 6.07) is 0.532. The number of hydroxylamine groups is 1. The van der Waals surface area contributed by atoms with Crippen LogP contribution in [0.25, 0.3) is 0 Å². The fourth-order valence-electron chi connectivity index (χ4n) is 2.89. The molecule has 5 heteroatoms. The second kappa shape index (κ2) is 6.76. The minimum Gasteiger partial charge on any atom is -0.444 e. The molecule has 2 unspecified atom stereocenters. The summed E-state index contributed by atoms with van der Waals surface area (Å²) in [5.74, 6) is 0. The first kappa shape index (κ1) is 15.6. The highest BCUT2D eigenvalue weighted by molar-refractivity contribution is 5.68. The van der Waals surface area contributed by atoms with Gasteiger partial charge < -0.3 is 10.1 Å². The lowest BCUT2D eigenvalue weighted by Gasteiger charge is -2.22. The lowest BCUT2D eigenvalue weighted by Crippen LogP contribution is -2.39. The molecule has 2 aliphatic rings. The van der Waals surface area contributed by atoms with E-state index >= 15 is 0 Å². The molecule has 0 aromatic carbocycles. The lowest BCUT2D eigenvalue weighted by molar-refractivity contribution is -0.0392. The van der Waals surface area contributed by atoms with Crippen LogP contribution in [0.15, 0.2) is 0 Å². The number of hydrogen-bond acceptors (Lipinski definition) is 4. The average Bonchev–Trinajstić information content (AvgIpc) is 2.94. The molecule has 0 aromatic heterocycles. The number of nitrogens with one attached hydrogen (secondary N) is 2. The van der Waals surface area contributed by atoms with Crippen LogP contribution in [0.3, 0.4) is 0 Å². The summed E-state index contributed by atoms with van der Waals surface area (Å²) in [4.78, 5) is 17.4. The zero-order valence-electron chi connectivity index (χ0n) is 12.9. The van der Waals surface area contributed by atoms with Crippen molar-refractivity contribution in [1.82, 2.24) is 10.8 Å². The predicted molar refractivity (Wildman–Crippen MR) is 77.3 cm³/mol. The van der Waals surface area contributed by atoms with Crippen molar-refractivity contribution in [1.29, 1.82) is 0 Å². The SMILES string of the molecule is CC(C)(C)OC(=O)NC1CCC(NOC2CCCC2)C1. The number of alkyl carbamates (subject to hydrolysis) is 1. The van der Waals surface area contributed by atoms with Crippen LogP contribution in [0, 0.1) is 0 Å². The molecule has 0 radical (unpaired) electrons. The van der Waals surface area contributed by atoms with E-state index in [0.717, 1.165) is 19.3 Å². The van der Waals surface area contributed by atoms with Crippen molar-refractivity contribution in [2.75, 3.05) is 0 Å². The topological polar surface area (TPSA) is 59.6 Å². The van der Waals surface area contributed by atoms with Crippen molar-refractivity contribution < 1.29 is 14.4 Å². The summed E-state index contributed by atoms with van der Waals surface area (Å²) in [6.45, 7) is 5.63. The Morgan fingerprint density at radius 3 is 2.35 bits per heavy atom. The van der Waals surface area contributed by atoms with E-state index in [9.17, 15) is 4.79 Å². The molecular weight excluding hydrogens is 256 g/mol. The molecule has 2 saturated carbocycles. The average molecular weight is 284 g/mol. The van der Waals surface area contributed by atoms with Gasteiger partial charge in [-0.1, -0.05) is 12.8 Å². The number of carbonyl (C=O) groups excluding carboxylic acids is 1. The molecule has 116 valence electrons.